The molecular formula is C13H20N4O2. The molecule has 3 N–H and O–H groups in total. The van der Waals surface area contributed by atoms with Crippen molar-refractivity contribution in [2.45, 2.75) is 12.8 Å². The number of methoxy groups -OCH3 is 1. The van der Waals surface area contributed by atoms with Gasteiger partial charge in [-0.1, -0.05) is 0 Å². The Bertz CT molecular complexity index is 413. The maximum atomic E-state index is 12.3. The zero-order valence-electron chi connectivity index (χ0n) is 11.1. The normalized spacial score (nSPS) is 16.4. The molecule has 2 rings (SSSR count). The summed E-state index contributed by atoms with van der Waals surface area (Å²) in [7, 11) is 1.72. The molecule has 104 valence electrons. The predicted octanol–water partition coefficient (Wildman–Crippen LogP) is 0.866. The van der Waals surface area contributed by atoms with E-state index in [1.807, 2.05) is 4.90 Å². The number of nitrogens with two attached hydrogens (primary N) is 1. The van der Waals surface area contributed by atoms with Crippen molar-refractivity contribution in [3.8, 4) is 0 Å². The first-order valence-corrected chi connectivity index (χ1v) is 6.45. The van der Waals surface area contributed by atoms with Gasteiger partial charge in [0, 0.05) is 33.0 Å². The van der Waals surface area contributed by atoms with E-state index in [0.29, 0.717) is 17.3 Å². The Morgan fingerprint density at radius 2 is 2.26 bits per heavy atom. The van der Waals surface area contributed by atoms with E-state index in [1.165, 1.54) is 0 Å². The average Bonchev–Trinajstić information content (AvgIpc) is 2.48. The third-order valence-corrected chi connectivity index (χ3v) is 3.46. The Balaban J connectivity index is 1.93. The number of likely N-dealkylation sites (tertiary alicyclic amines) is 1. The molecule has 19 heavy (non-hydrogen) atoms. The number of aromatic nitrogens is 1. The van der Waals surface area contributed by atoms with Gasteiger partial charge in [-0.3, -0.25) is 4.79 Å². The number of nitrogens with zero attached hydrogens (tertiary/aromatic N) is 2. The lowest BCUT2D eigenvalue weighted by Gasteiger charge is -2.31. The van der Waals surface area contributed by atoms with E-state index in [-0.39, 0.29) is 5.91 Å². The molecule has 0 spiro atoms. The topological polar surface area (TPSA) is 80.5 Å². The van der Waals surface area contributed by atoms with Gasteiger partial charge < -0.3 is 15.1 Å². The summed E-state index contributed by atoms with van der Waals surface area (Å²) in [5, 5.41) is 0. The number of anilines is 1. The molecule has 1 amide bonds. The fourth-order valence-corrected chi connectivity index (χ4v) is 2.33. The van der Waals surface area contributed by atoms with Gasteiger partial charge in [0.25, 0.3) is 5.91 Å². The molecule has 0 saturated carbocycles. The molecule has 1 aliphatic heterocycles. The Hall–Kier alpha value is -1.66. The van der Waals surface area contributed by atoms with Crippen LogP contribution in [0, 0.1) is 5.92 Å². The van der Waals surface area contributed by atoms with Gasteiger partial charge in [-0.25, -0.2) is 10.8 Å². The Kier molecular flexibility index (Phi) is 4.70. The van der Waals surface area contributed by atoms with Gasteiger partial charge in [-0.15, -0.1) is 0 Å². The summed E-state index contributed by atoms with van der Waals surface area (Å²) in [6.07, 6.45) is 3.55. The third kappa shape index (κ3) is 3.42. The van der Waals surface area contributed by atoms with Crippen molar-refractivity contribution in [3.63, 3.8) is 0 Å². The molecule has 0 unspecified atom stereocenters. The molecule has 1 aromatic rings. The van der Waals surface area contributed by atoms with Crippen molar-refractivity contribution >= 4 is 11.7 Å². The van der Waals surface area contributed by atoms with Crippen LogP contribution in [0.15, 0.2) is 18.3 Å². The van der Waals surface area contributed by atoms with E-state index in [1.54, 1.807) is 25.4 Å². The molecule has 0 bridgehead atoms. The molecule has 0 radical (unpaired) electrons. The van der Waals surface area contributed by atoms with Crippen LogP contribution in [0.4, 0.5) is 5.82 Å². The molecule has 1 aliphatic rings. The van der Waals surface area contributed by atoms with Gasteiger partial charge in [-0.2, -0.15) is 0 Å². The molecule has 1 saturated heterocycles. The quantitative estimate of drug-likeness (QED) is 0.623. The Morgan fingerprint density at radius 3 is 2.79 bits per heavy atom. The number of carbonyl (C=O) groups is 1. The number of pyridine rings is 1. The van der Waals surface area contributed by atoms with Crippen molar-refractivity contribution in [1.29, 1.82) is 0 Å². The van der Waals surface area contributed by atoms with Crippen LogP contribution in [0.1, 0.15) is 23.2 Å². The molecule has 6 nitrogen and oxygen atoms in total. The summed E-state index contributed by atoms with van der Waals surface area (Å²) in [6.45, 7) is 2.34. The zero-order valence-corrected chi connectivity index (χ0v) is 11.1. The monoisotopic (exact) mass is 264 g/mol. The molecular weight excluding hydrogens is 244 g/mol. The number of carbonyl (C=O) groups excluding carboxylic acids is 1. The Morgan fingerprint density at radius 1 is 1.53 bits per heavy atom. The predicted molar refractivity (Wildman–Crippen MR) is 72.6 cm³/mol. The minimum Gasteiger partial charge on any atom is -0.384 e. The Labute approximate surface area is 112 Å². The van der Waals surface area contributed by atoms with Crippen molar-refractivity contribution in [3.05, 3.63) is 23.9 Å². The fraction of sp³-hybridized carbons (Fsp3) is 0.538. The summed E-state index contributed by atoms with van der Waals surface area (Å²) < 4.78 is 5.15. The van der Waals surface area contributed by atoms with E-state index in [0.717, 1.165) is 32.5 Å². The minimum atomic E-state index is 0.0342. The number of nitrogens with one attached hydrogen (secondary N) is 1. The van der Waals surface area contributed by atoms with Gasteiger partial charge in [0.05, 0.1) is 5.56 Å². The summed E-state index contributed by atoms with van der Waals surface area (Å²) in [4.78, 5) is 18.2. The molecule has 0 atom stereocenters. The van der Waals surface area contributed by atoms with E-state index in [2.05, 4.69) is 10.4 Å². The van der Waals surface area contributed by atoms with E-state index in [9.17, 15) is 4.79 Å². The lowest BCUT2D eigenvalue weighted by atomic mass is 9.97. The molecule has 6 heteroatoms. The first kappa shape index (κ1) is 13.8. The lowest BCUT2D eigenvalue weighted by molar-refractivity contribution is 0.0613. The van der Waals surface area contributed by atoms with Crippen LogP contribution < -0.4 is 11.3 Å². The maximum absolute atomic E-state index is 12.3. The van der Waals surface area contributed by atoms with Crippen LogP contribution in [-0.2, 0) is 4.74 Å². The SMILES string of the molecule is COCC1CCN(C(=O)c2ccc(NN)nc2)CC1. The van der Waals surface area contributed by atoms with Crippen molar-refractivity contribution < 1.29 is 9.53 Å². The number of hydrazine groups is 1. The first-order valence-electron chi connectivity index (χ1n) is 6.45. The number of hydrogen-bond acceptors (Lipinski definition) is 5. The van der Waals surface area contributed by atoms with E-state index < -0.39 is 0 Å². The molecule has 2 heterocycles. The largest absolute Gasteiger partial charge is 0.384 e. The van der Waals surface area contributed by atoms with Crippen molar-refractivity contribution in [1.82, 2.24) is 9.88 Å². The summed E-state index contributed by atoms with van der Waals surface area (Å²) >= 11 is 0. The van der Waals surface area contributed by atoms with E-state index in [4.69, 9.17) is 10.6 Å². The number of ether oxygens (including phenoxy) is 1. The van der Waals surface area contributed by atoms with Crippen LogP contribution in [0.25, 0.3) is 0 Å². The molecule has 0 aliphatic carbocycles. The standard InChI is InChI=1S/C13H20N4O2/c1-19-9-10-4-6-17(7-5-10)13(18)11-2-3-12(16-14)15-8-11/h2-3,8,10H,4-7,9,14H2,1H3,(H,15,16). The van der Waals surface area contributed by atoms with Gasteiger partial charge in [0.15, 0.2) is 0 Å². The highest BCUT2D eigenvalue weighted by Crippen LogP contribution is 2.19. The zero-order chi connectivity index (χ0) is 13.7. The number of nitrogen functional groups attached to an aromatic ring is 1. The second-order valence-corrected chi connectivity index (χ2v) is 4.77. The first-order chi connectivity index (χ1) is 9.24. The number of rotatable bonds is 4. The second-order valence-electron chi connectivity index (χ2n) is 4.77. The average molecular weight is 264 g/mol. The van der Waals surface area contributed by atoms with Crippen LogP contribution in [-0.4, -0.2) is 42.6 Å². The van der Waals surface area contributed by atoms with E-state index >= 15 is 0 Å². The highest BCUT2D eigenvalue weighted by molar-refractivity contribution is 5.94. The van der Waals surface area contributed by atoms with Gasteiger partial charge in [-0.05, 0) is 30.9 Å². The van der Waals surface area contributed by atoms with Gasteiger partial charge in [0.1, 0.15) is 5.82 Å². The van der Waals surface area contributed by atoms with Crippen LogP contribution in [0.5, 0.6) is 0 Å². The maximum Gasteiger partial charge on any atom is 0.255 e. The minimum absolute atomic E-state index is 0.0342. The van der Waals surface area contributed by atoms with Crippen LogP contribution in [0.2, 0.25) is 0 Å². The van der Waals surface area contributed by atoms with Crippen LogP contribution >= 0.6 is 0 Å². The highest BCUT2D eigenvalue weighted by atomic mass is 16.5. The summed E-state index contributed by atoms with van der Waals surface area (Å²) in [5.74, 6) is 6.39. The fourth-order valence-electron chi connectivity index (χ4n) is 2.33. The van der Waals surface area contributed by atoms with Gasteiger partial charge in [0.2, 0.25) is 0 Å². The molecule has 1 aromatic heterocycles. The molecule has 0 aromatic carbocycles. The second kappa shape index (κ2) is 6.49. The van der Waals surface area contributed by atoms with Gasteiger partial charge >= 0.3 is 0 Å². The lowest BCUT2D eigenvalue weighted by Crippen LogP contribution is -2.39. The number of amides is 1. The number of piperidine rings is 1. The highest BCUT2D eigenvalue weighted by Gasteiger charge is 2.23. The smallest absolute Gasteiger partial charge is 0.255 e. The van der Waals surface area contributed by atoms with Crippen molar-refractivity contribution in [2.75, 3.05) is 32.2 Å². The summed E-state index contributed by atoms with van der Waals surface area (Å²) in [5.41, 5.74) is 3.04. The van der Waals surface area contributed by atoms with Crippen molar-refractivity contribution in [2.24, 2.45) is 11.8 Å². The van der Waals surface area contributed by atoms with Crippen LogP contribution in [0.3, 0.4) is 0 Å². The summed E-state index contributed by atoms with van der Waals surface area (Å²) in [6, 6.07) is 3.44. The number of hydrogen-bond donors (Lipinski definition) is 2. The third-order valence-electron chi connectivity index (χ3n) is 3.46. The molecule has 1 fully saturated rings.